The van der Waals surface area contributed by atoms with E-state index in [9.17, 15) is 9.59 Å². The Morgan fingerprint density at radius 1 is 1.12 bits per heavy atom. The zero-order valence-corrected chi connectivity index (χ0v) is 14.8. The zero-order chi connectivity index (χ0) is 17.4. The molecule has 6 heteroatoms. The predicted octanol–water partition coefficient (Wildman–Crippen LogP) is 4.31. The van der Waals surface area contributed by atoms with Gasteiger partial charge in [-0.3, -0.25) is 9.59 Å². The molecule has 0 heterocycles. The van der Waals surface area contributed by atoms with Gasteiger partial charge in [0.1, 0.15) is 0 Å². The van der Waals surface area contributed by atoms with E-state index in [1.54, 1.807) is 18.2 Å². The number of halogens is 1. The SMILES string of the molecule is Cc1ccccc1NC(=O)COC(=O)CCSc1ccc(Cl)cc1. The van der Waals surface area contributed by atoms with E-state index in [-0.39, 0.29) is 18.9 Å². The maximum Gasteiger partial charge on any atom is 0.307 e. The fourth-order valence-electron chi connectivity index (χ4n) is 1.90. The molecule has 1 amide bonds. The van der Waals surface area contributed by atoms with Crippen LogP contribution >= 0.6 is 23.4 Å². The summed E-state index contributed by atoms with van der Waals surface area (Å²) < 4.78 is 4.99. The molecule has 0 saturated carbocycles. The van der Waals surface area contributed by atoms with Crippen molar-refractivity contribution >= 4 is 40.9 Å². The second kappa shape index (κ2) is 9.35. The third kappa shape index (κ3) is 6.26. The maximum absolute atomic E-state index is 11.8. The summed E-state index contributed by atoms with van der Waals surface area (Å²) in [6.45, 7) is 1.62. The van der Waals surface area contributed by atoms with Gasteiger partial charge in [-0.15, -0.1) is 11.8 Å². The quantitative estimate of drug-likeness (QED) is 0.588. The van der Waals surface area contributed by atoms with Crippen LogP contribution in [-0.2, 0) is 14.3 Å². The van der Waals surface area contributed by atoms with Crippen LogP contribution in [0.1, 0.15) is 12.0 Å². The molecule has 0 fully saturated rings. The molecule has 4 nitrogen and oxygen atoms in total. The van der Waals surface area contributed by atoms with Crippen molar-refractivity contribution in [3.05, 3.63) is 59.1 Å². The summed E-state index contributed by atoms with van der Waals surface area (Å²) in [4.78, 5) is 24.5. The van der Waals surface area contributed by atoms with Crippen LogP contribution in [0.4, 0.5) is 5.69 Å². The minimum Gasteiger partial charge on any atom is -0.456 e. The van der Waals surface area contributed by atoms with Crippen LogP contribution < -0.4 is 5.32 Å². The van der Waals surface area contributed by atoms with Gasteiger partial charge >= 0.3 is 5.97 Å². The van der Waals surface area contributed by atoms with Gasteiger partial charge in [-0.2, -0.15) is 0 Å². The molecule has 24 heavy (non-hydrogen) atoms. The molecule has 0 radical (unpaired) electrons. The van der Waals surface area contributed by atoms with Crippen LogP contribution in [-0.4, -0.2) is 24.2 Å². The molecule has 2 aromatic carbocycles. The molecule has 2 aromatic rings. The van der Waals surface area contributed by atoms with Crippen molar-refractivity contribution in [1.29, 1.82) is 0 Å². The van der Waals surface area contributed by atoms with E-state index in [0.29, 0.717) is 10.8 Å². The highest BCUT2D eigenvalue weighted by molar-refractivity contribution is 7.99. The highest BCUT2D eigenvalue weighted by Crippen LogP contribution is 2.21. The average Bonchev–Trinajstić information content (AvgIpc) is 2.57. The molecular weight excluding hydrogens is 346 g/mol. The lowest BCUT2D eigenvalue weighted by atomic mass is 10.2. The van der Waals surface area contributed by atoms with Crippen LogP contribution in [0.15, 0.2) is 53.4 Å². The van der Waals surface area contributed by atoms with E-state index < -0.39 is 5.97 Å². The Hall–Kier alpha value is -1.98. The summed E-state index contributed by atoms with van der Waals surface area (Å²) in [5, 5.41) is 3.40. The fourth-order valence-corrected chi connectivity index (χ4v) is 2.86. The molecule has 0 atom stereocenters. The van der Waals surface area contributed by atoms with Crippen LogP contribution in [0.5, 0.6) is 0 Å². The van der Waals surface area contributed by atoms with Gasteiger partial charge in [-0.05, 0) is 42.8 Å². The lowest BCUT2D eigenvalue weighted by molar-refractivity contribution is -0.146. The highest BCUT2D eigenvalue weighted by atomic mass is 35.5. The fraction of sp³-hybridized carbons (Fsp3) is 0.222. The Labute approximate surface area is 150 Å². The Balaban J connectivity index is 1.66. The molecule has 0 aliphatic carbocycles. The molecule has 0 bridgehead atoms. The number of ether oxygens (including phenoxy) is 1. The van der Waals surface area contributed by atoms with Crippen LogP contribution in [0.3, 0.4) is 0 Å². The van der Waals surface area contributed by atoms with Gasteiger partial charge in [0.25, 0.3) is 5.91 Å². The molecule has 0 aliphatic heterocycles. The van der Waals surface area contributed by atoms with E-state index >= 15 is 0 Å². The monoisotopic (exact) mass is 363 g/mol. The van der Waals surface area contributed by atoms with Crippen molar-refractivity contribution in [3.63, 3.8) is 0 Å². The molecule has 0 spiro atoms. The molecular formula is C18H18ClNO3S. The Morgan fingerprint density at radius 3 is 2.54 bits per heavy atom. The first-order chi connectivity index (χ1) is 11.5. The topological polar surface area (TPSA) is 55.4 Å². The maximum atomic E-state index is 11.8. The first-order valence-corrected chi connectivity index (χ1v) is 8.80. The van der Waals surface area contributed by atoms with E-state index in [1.165, 1.54) is 11.8 Å². The van der Waals surface area contributed by atoms with Crippen molar-refractivity contribution in [1.82, 2.24) is 0 Å². The van der Waals surface area contributed by atoms with Gasteiger partial charge in [0, 0.05) is 21.4 Å². The highest BCUT2D eigenvalue weighted by Gasteiger charge is 2.09. The minimum atomic E-state index is -0.392. The average molecular weight is 364 g/mol. The summed E-state index contributed by atoms with van der Waals surface area (Å²) in [7, 11) is 0. The van der Waals surface area contributed by atoms with E-state index in [0.717, 1.165) is 16.1 Å². The zero-order valence-electron chi connectivity index (χ0n) is 13.3. The van der Waals surface area contributed by atoms with Crippen LogP contribution in [0.2, 0.25) is 5.02 Å². The van der Waals surface area contributed by atoms with Crippen LogP contribution in [0, 0.1) is 6.92 Å². The first kappa shape index (κ1) is 18.4. The number of carbonyl (C=O) groups is 2. The number of amides is 1. The molecule has 1 N–H and O–H groups in total. The second-order valence-electron chi connectivity index (χ2n) is 5.08. The molecule has 0 saturated heterocycles. The Bertz CT molecular complexity index is 704. The number of para-hydroxylation sites is 1. The number of anilines is 1. The molecule has 0 unspecified atom stereocenters. The standard InChI is InChI=1S/C18H18ClNO3S/c1-13-4-2-3-5-16(13)20-17(21)12-23-18(22)10-11-24-15-8-6-14(19)7-9-15/h2-9H,10-12H2,1H3,(H,20,21). The van der Waals surface area contributed by atoms with Gasteiger partial charge in [0.05, 0.1) is 6.42 Å². The lowest BCUT2D eigenvalue weighted by Gasteiger charge is -2.08. The summed E-state index contributed by atoms with van der Waals surface area (Å²) >= 11 is 7.35. The normalized spacial score (nSPS) is 10.2. The summed E-state index contributed by atoms with van der Waals surface area (Å²) in [5.41, 5.74) is 1.67. The third-order valence-corrected chi connectivity index (χ3v) is 4.44. The lowest BCUT2D eigenvalue weighted by Crippen LogP contribution is -2.21. The number of hydrogen-bond acceptors (Lipinski definition) is 4. The van der Waals surface area contributed by atoms with Crippen molar-refractivity contribution in [2.24, 2.45) is 0 Å². The van der Waals surface area contributed by atoms with Crippen molar-refractivity contribution in [2.75, 3.05) is 17.7 Å². The molecule has 2 rings (SSSR count). The van der Waals surface area contributed by atoms with Crippen LogP contribution in [0.25, 0.3) is 0 Å². The van der Waals surface area contributed by atoms with E-state index in [1.807, 2.05) is 37.3 Å². The smallest absolute Gasteiger partial charge is 0.307 e. The number of benzene rings is 2. The number of nitrogens with one attached hydrogen (secondary N) is 1. The molecule has 0 aromatic heterocycles. The van der Waals surface area contributed by atoms with Gasteiger partial charge in [-0.1, -0.05) is 29.8 Å². The van der Waals surface area contributed by atoms with Gasteiger partial charge in [-0.25, -0.2) is 0 Å². The van der Waals surface area contributed by atoms with E-state index in [4.69, 9.17) is 16.3 Å². The Morgan fingerprint density at radius 2 is 1.83 bits per heavy atom. The number of aryl methyl sites for hydroxylation is 1. The minimum absolute atomic E-state index is 0.241. The number of carbonyl (C=O) groups excluding carboxylic acids is 2. The summed E-state index contributed by atoms with van der Waals surface area (Å²) in [5.74, 6) is -0.153. The second-order valence-corrected chi connectivity index (χ2v) is 6.68. The summed E-state index contributed by atoms with van der Waals surface area (Å²) in [6.07, 6.45) is 0.241. The Kier molecular flexibility index (Phi) is 7.15. The largest absolute Gasteiger partial charge is 0.456 e. The number of esters is 1. The number of thioether (sulfide) groups is 1. The van der Waals surface area contributed by atoms with Crippen molar-refractivity contribution < 1.29 is 14.3 Å². The van der Waals surface area contributed by atoms with Crippen molar-refractivity contribution in [3.8, 4) is 0 Å². The molecule has 0 aliphatic rings. The van der Waals surface area contributed by atoms with Gasteiger partial charge in [0.2, 0.25) is 0 Å². The predicted molar refractivity (Wildman–Crippen MR) is 97.6 cm³/mol. The number of rotatable bonds is 7. The number of hydrogen-bond donors (Lipinski definition) is 1. The van der Waals surface area contributed by atoms with Gasteiger partial charge < -0.3 is 10.1 Å². The van der Waals surface area contributed by atoms with E-state index in [2.05, 4.69) is 5.32 Å². The summed E-state index contributed by atoms with van der Waals surface area (Å²) in [6, 6.07) is 14.8. The van der Waals surface area contributed by atoms with Gasteiger partial charge in [0.15, 0.2) is 6.61 Å². The van der Waals surface area contributed by atoms with Crippen molar-refractivity contribution in [2.45, 2.75) is 18.2 Å². The first-order valence-electron chi connectivity index (χ1n) is 7.44. The molecule has 126 valence electrons. The third-order valence-electron chi connectivity index (χ3n) is 3.17.